The molecule has 0 aromatic carbocycles. The van der Waals surface area contributed by atoms with Crippen LogP contribution >= 0.6 is 0 Å². The monoisotopic (exact) mass is 235 g/mol. The molecule has 0 unspecified atom stereocenters. The van der Waals surface area contributed by atoms with Gasteiger partial charge in [0.1, 0.15) is 0 Å². The third kappa shape index (κ3) is 10.3. The summed E-state index contributed by atoms with van der Waals surface area (Å²) < 4.78 is 0. The van der Waals surface area contributed by atoms with Gasteiger partial charge in [0.15, 0.2) is 0 Å². The largest absolute Gasteiger partial charge is 0.665 e. The maximum absolute atomic E-state index is 4.11. The third-order valence-corrected chi connectivity index (χ3v) is 4.75. The molecule has 1 heterocycles. The summed E-state index contributed by atoms with van der Waals surface area (Å²) in [7, 11) is 0. The summed E-state index contributed by atoms with van der Waals surface area (Å²) in [6.45, 7) is 13.2. The molecule has 1 rings (SSSR count). The molecule has 0 atom stereocenters. The van der Waals surface area contributed by atoms with E-state index in [1.165, 1.54) is 10.6 Å². The van der Waals surface area contributed by atoms with Crippen LogP contribution < -0.4 is 4.98 Å². The molecule has 0 aliphatic heterocycles. The molecule has 2 heteroatoms. The predicted octanol–water partition coefficient (Wildman–Crippen LogP) is 4.10. The van der Waals surface area contributed by atoms with Crippen LogP contribution in [0.2, 0.25) is 10.6 Å². The van der Waals surface area contributed by atoms with Crippen molar-refractivity contribution < 1.29 is 0 Å². The maximum Gasteiger partial charge on any atom is -0.0607 e. The van der Waals surface area contributed by atoms with Crippen LogP contribution in [-0.2, 0) is 0 Å². The number of hydrogen-bond donors (Lipinski definition) is 0. The third-order valence-electron chi connectivity index (χ3n) is 2.19. The van der Waals surface area contributed by atoms with E-state index in [0.717, 1.165) is 38.4 Å². The van der Waals surface area contributed by atoms with Crippen LogP contribution in [0.5, 0.6) is 0 Å². The molecular weight excluding hydrogens is 209 g/mol. The standard InChI is InChI=1S/C6H8N.2C4H9.Al/c1-5-3-4-6(2)7-5;2*1-4(2)3;/h3-4H,1-2H3;2*4H,1H2,2-3H3;/q-1;;;+1. The van der Waals surface area contributed by atoms with E-state index >= 15 is 0 Å². The molecule has 0 N–H and O–H groups in total. The molecule has 16 heavy (non-hydrogen) atoms. The minimum atomic E-state index is 0.755. The minimum Gasteiger partial charge on any atom is -0.665 e. The van der Waals surface area contributed by atoms with Crippen molar-refractivity contribution in [3.8, 4) is 0 Å². The minimum absolute atomic E-state index is 0.755. The summed E-state index contributed by atoms with van der Waals surface area (Å²) in [4.78, 5) is 4.11. The maximum atomic E-state index is 4.11. The van der Waals surface area contributed by atoms with Crippen molar-refractivity contribution in [2.24, 2.45) is 11.8 Å². The fourth-order valence-electron chi connectivity index (χ4n) is 1.36. The Kier molecular flexibility index (Phi) is 8.80. The van der Waals surface area contributed by atoms with Gasteiger partial charge in [-0.2, -0.15) is 11.4 Å². The van der Waals surface area contributed by atoms with Gasteiger partial charge >= 0.3 is 65.3 Å². The average molecular weight is 235 g/mol. The van der Waals surface area contributed by atoms with Gasteiger partial charge in [0.05, 0.1) is 0 Å². The van der Waals surface area contributed by atoms with E-state index in [2.05, 4.69) is 32.7 Å². The van der Waals surface area contributed by atoms with Crippen molar-refractivity contribution in [1.82, 2.24) is 4.98 Å². The number of nitrogens with zero attached hydrogens (tertiary/aromatic N) is 1. The SMILES string of the molecule is CC(C)[CH2][Al+][CH2]C(C)C.Cc1ccc(C)[n-]1. The van der Waals surface area contributed by atoms with Crippen LogP contribution in [0.25, 0.3) is 0 Å². The Morgan fingerprint density at radius 1 is 0.938 bits per heavy atom. The Morgan fingerprint density at radius 2 is 1.31 bits per heavy atom. The van der Waals surface area contributed by atoms with Gasteiger partial charge in [-0.1, -0.05) is 26.0 Å². The first-order valence-corrected chi connectivity index (χ1v) is 7.93. The second kappa shape index (κ2) is 8.91. The topological polar surface area (TPSA) is 14.1 Å². The average Bonchev–Trinajstić information content (AvgIpc) is 2.49. The molecule has 0 radical (unpaired) electrons. The molecule has 0 aliphatic rings. The zero-order valence-corrected chi connectivity index (χ0v) is 12.9. The van der Waals surface area contributed by atoms with Gasteiger partial charge in [0.2, 0.25) is 0 Å². The van der Waals surface area contributed by atoms with Gasteiger partial charge in [-0.3, -0.25) is 0 Å². The Labute approximate surface area is 108 Å². The second-order valence-electron chi connectivity index (χ2n) is 5.28. The Hall–Kier alpha value is -0.188. The Bertz CT molecular complexity index is 239. The molecular formula is C14H26AlN. The van der Waals surface area contributed by atoms with E-state index in [1.807, 2.05) is 26.0 Å². The van der Waals surface area contributed by atoms with Gasteiger partial charge < -0.3 is 4.98 Å². The van der Waals surface area contributed by atoms with Crippen molar-refractivity contribution in [3.05, 3.63) is 23.5 Å². The van der Waals surface area contributed by atoms with Crippen LogP contribution in [0.4, 0.5) is 0 Å². The van der Waals surface area contributed by atoms with Gasteiger partial charge in [-0.15, -0.1) is 0 Å². The number of hydrogen-bond acceptors (Lipinski definition) is 0. The molecule has 0 saturated heterocycles. The van der Waals surface area contributed by atoms with Crippen LogP contribution in [0, 0.1) is 25.7 Å². The van der Waals surface area contributed by atoms with Gasteiger partial charge in [0.25, 0.3) is 0 Å². The van der Waals surface area contributed by atoms with Crippen LogP contribution in [-0.4, -0.2) is 15.2 Å². The van der Waals surface area contributed by atoms with E-state index < -0.39 is 0 Å². The van der Waals surface area contributed by atoms with E-state index in [1.54, 1.807) is 0 Å². The number of aryl methyl sites for hydroxylation is 2. The van der Waals surface area contributed by atoms with Gasteiger partial charge in [0, 0.05) is 0 Å². The van der Waals surface area contributed by atoms with E-state index in [4.69, 9.17) is 0 Å². The molecule has 0 aliphatic carbocycles. The van der Waals surface area contributed by atoms with E-state index in [-0.39, 0.29) is 0 Å². The summed E-state index contributed by atoms with van der Waals surface area (Å²) in [5, 5.41) is 2.97. The Morgan fingerprint density at radius 3 is 1.50 bits per heavy atom. The van der Waals surface area contributed by atoms with Gasteiger partial charge in [-0.05, 0) is 0 Å². The van der Waals surface area contributed by atoms with Crippen molar-refractivity contribution in [1.29, 1.82) is 0 Å². The number of rotatable bonds is 4. The smallest absolute Gasteiger partial charge is 0.0607 e. The van der Waals surface area contributed by atoms with Gasteiger partial charge in [-0.25, -0.2) is 0 Å². The fourth-order valence-corrected chi connectivity index (χ4v) is 2.88. The number of aromatic nitrogens is 1. The first-order valence-electron chi connectivity index (χ1n) is 6.30. The summed E-state index contributed by atoms with van der Waals surface area (Å²) in [6.07, 6.45) is 0. The molecule has 90 valence electrons. The zero-order valence-electron chi connectivity index (χ0n) is 11.7. The summed E-state index contributed by atoms with van der Waals surface area (Å²) in [5.74, 6) is 1.86. The zero-order chi connectivity index (χ0) is 12.6. The van der Waals surface area contributed by atoms with Crippen LogP contribution in [0.15, 0.2) is 12.1 Å². The van der Waals surface area contributed by atoms with Crippen LogP contribution in [0.3, 0.4) is 0 Å². The summed E-state index contributed by atoms with van der Waals surface area (Å²) >= 11 is 0.755. The summed E-state index contributed by atoms with van der Waals surface area (Å²) in [6, 6.07) is 4.02. The molecule has 0 fully saturated rings. The van der Waals surface area contributed by atoms with Crippen molar-refractivity contribution in [2.45, 2.75) is 52.1 Å². The quantitative estimate of drug-likeness (QED) is 0.717. The van der Waals surface area contributed by atoms with Crippen LogP contribution in [0.1, 0.15) is 39.1 Å². The normalized spacial score (nSPS) is 10.0. The molecule has 0 saturated carbocycles. The molecule has 1 nitrogen and oxygen atoms in total. The van der Waals surface area contributed by atoms with Crippen molar-refractivity contribution in [2.75, 3.05) is 0 Å². The first-order chi connectivity index (χ1) is 7.41. The molecule has 0 amide bonds. The van der Waals surface area contributed by atoms with E-state index in [9.17, 15) is 0 Å². The first kappa shape index (κ1) is 15.8. The van der Waals surface area contributed by atoms with Crippen molar-refractivity contribution >= 4 is 15.2 Å². The molecule has 0 bridgehead atoms. The molecule has 0 spiro atoms. The van der Waals surface area contributed by atoms with Crippen molar-refractivity contribution in [3.63, 3.8) is 0 Å². The predicted molar refractivity (Wildman–Crippen MR) is 74.3 cm³/mol. The molecule has 1 aromatic rings. The fraction of sp³-hybridized carbons (Fsp3) is 0.714. The second-order valence-corrected chi connectivity index (χ2v) is 6.80. The Balaban J connectivity index is 0.000000288. The molecule has 1 aromatic heterocycles. The van der Waals surface area contributed by atoms with E-state index in [0.29, 0.717) is 0 Å². The summed E-state index contributed by atoms with van der Waals surface area (Å²) in [5.41, 5.74) is 2.22.